The number of aryl methyl sites for hydroxylation is 1. The molecule has 0 unspecified atom stereocenters. The molecule has 0 radical (unpaired) electrons. The lowest BCUT2D eigenvalue weighted by molar-refractivity contribution is 0.0256. The molecule has 0 N–H and O–H groups in total. The fraction of sp³-hybridized carbons (Fsp3) is 0.364. The van der Waals surface area contributed by atoms with E-state index in [1.165, 1.54) is 0 Å². The van der Waals surface area contributed by atoms with Gasteiger partial charge in [0.05, 0.1) is 23.0 Å². The van der Waals surface area contributed by atoms with Crippen LogP contribution in [-0.4, -0.2) is 50.1 Å². The van der Waals surface area contributed by atoms with Crippen LogP contribution in [0.4, 0.5) is 0 Å². The summed E-state index contributed by atoms with van der Waals surface area (Å²) in [5.74, 6) is 1.14. The number of para-hydroxylation sites is 1. The molecule has 28 heavy (non-hydrogen) atoms. The molecule has 5 rings (SSSR count). The molecule has 2 saturated heterocycles. The van der Waals surface area contributed by atoms with Gasteiger partial charge in [-0.1, -0.05) is 18.2 Å². The Hall–Kier alpha value is -2.31. The number of ether oxygens (including phenoxy) is 1. The Kier molecular flexibility index (Phi) is 4.40. The number of amides is 1. The number of likely N-dealkylation sites (tertiary alicyclic amines) is 1. The zero-order valence-corrected chi connectivity index (χ0v) is 16.7. The summed E-state index contributed by atoms with van der Waals surface area (Å²) in [6.07, 6.45) is 6.83. The second-order valence-electron chi connectivity index (χ2n) is 7.82. The maximum atomic E-state index is 13.1. The summed E-state index contributed by atoms with van der Waals surface area (Å²) < 4.78 is 8.31. The molecule has 1 amide bonds. The van der Waals surface area contributed by atoms with E-state index in [1.807, 2.05) is 64.8 Å². The van der Waals surface area contributed by atoms with Crippen molar-refractivity contribution in [1.82, 2.24) is 14.5 Å². The van der Waals surface area contributed by atoms with Crippen molar-refractivity contribution in [3.63, 3.8) is 0 Å². The first-order valence-electron chi connectivity index (χ1n) is 9.61. The van der Waals surface area contributed by atoms with Gasteiger partial charge >= 0.3 is 0 Å². The Bertz CT molecular complexity index is 1010. The molecule has 5 nitrogen and oxygen atoms in total. The van der Waals surface area contributed by atoms with Crippen LogP contribution in [0.25, 0.3) is 10.9 Å². The van der Waals surface area contributed by atoms with Crippen molar-refractivity contribution in [1.29, 1.82) is 0 Å². The molecule has 2 fully saturated rings. The summed E-state index contributed by atoms with van der Waals surface area (Å²) in [6, 6.07) is 12.1. The highest BCUT2D eigenvalue weighted by molar-refractivity contribution is 8.01. The topological polar surface area (TPSA) is 47.4 Å². The number of fused-ring (bicyclic) bond motifs is 1. The van der Waals surface area contributed by atoms with Crippen LogP contribution in [0.2, 0.25) is 0 Å². The van der Waals surface area contributed by atoms with Gasteiger partial charge in [0.15, 0.2) is 0 Å². The summed E-state index contributed by atoms with van der Waals surface area (Å²) in [5, 5.41) is 1.04. The molecule has 1 spiro atoms. The van der Waals surface area contributed by atoms with Gasteiger partial charge in [-0.2, -0.15) is 0 Å². The number of thioether (sulfide) groups is 1. The molecule has 0 bridgehead atoms. The van der Waals surface area contributed by atoms with Crippen molar-refractivity contribution >= 4 is 28.6 Å². The van der Waals surface area contributed by atoms with Crippen LogP contribution in [0.15, 0.2) is 55.0 Å². The van der Waals surface area contributed by atoms with Crippen LogP contribution in [0.5, 0.6) is 0 Å². The Morgan fingerprint density at radius 2 is 2.04 bits per heavy atom. The second-order valence-corrected chi connectivity index (χ2v) is 9.31. The molecule has 1 atom stereocenters. The van der Waals surface area contributed by atoms with Crippen LogP contribution < -0.4 is 0 Å². The Morgan fingerprint density at radius 3 is 2.86 bits per heavy atom. The highest BCUT2D eigenvalue weighted by atomic mass is 32.2. The van der Waals surface area contributed by atoms with Gasteiger partial charge in [0.2, 0.25) is 0 Å². The molecular weight excluding hydrogens is 370 g/mol. The minimum Gasteiger partial charge on any atom is -0.373 e. The van der Waals surface area contributed by atoms with Gasteiger partial charge in [-0.15, -0.1) is 11.8 Å². The molecule has 2 aliphatic heterocycles. The second kappa shape index (κ2) is 6.94. The minimum absolute atomic E-state index is 0.143. The molecular formula is C22H23N3O2S. The first-order chi connectivity index (χ1) is 13.6. The van der Waals surface area contributed by atoms with E-state index in [0.29, 0.717) is 6.61 Å². The van der Waals surface area contributed by atoms with E-state index in [9.17, 15) is 4.79 Å². The van der Waals surface area contributed by atoms with Gasteiger partial charge < -0.3 is 14.2 Å². The zero-order chi connectivity index (χ0) is 19.1. The van der Waals surface area contributed by atoms with Crippen LogP contribution >= 0.6 is 11.8 Å². The van der Waals surface area contributed by atoms with Crippen molar-refractivity contribution in [2.75, 3.05) is 18.8 Å². The summed E-state index contributed by atoms with van der Waals surface area (Å²) in [5.41, 5.74) is 3.06. The van der Waals surface area contributed by atoms with Gasteiger partial charge in [-0.05, 0) is 30.2 Å². The van der Waals surface area contributed by atoms with E-state index in [-0.39, 0.29) is 16.8 Å². The van der Waals surface area contributed by atoms with E-state index in [2.05, 4.69) is 11.1 Å². The van der Waals surface area contributed by atoms with E-state index in [4.69, 9.17) is 4.74 Å². The number of rotatable bonds is 4. The van der Waals surface area contributed by atoms with Crippen molar-refractivity contribution in [2.45, 2.75) is 23.9 Å². The van der Waals surface area contributed by atoms with E-state index < -0.39 is 0 Å². The maximum absolute atomic E-state index is 13.1. The van der Waals surface area contributed by atoms with Crippen LogP contribution in [0.1, 0.15) is 22.3 Å². The molecule has 4 heterocycles. The van der Waals surface area contributed by atoms with Gasteiger partial charge in [0.25, 0.3) is 5.91 Å². The van der Waals surface area contributed by atoms with Gasteiger partial charge in [-0.3, -0.25) is 9.78 Å². The third-order valence-electron chi connectivity index (χ3n) is 5.78. The molecule has 1 aromatic carbocycles. The summed E-state index contributed by atoms with van der Waals surface area (Å²) in [4.78, 5) is 19.1. The highest BCUT2D eigenvalue weighted by Crippen LogP contribution is 2.46. The fourth-order valence-electron chi connectivity index (χ4n) is 4.30. The first-order valence-corrected chi connectivity index (χ1v) is 10.6. The lowest BCUT2D eigenvalue weighted by atomic mass is 9.92. The van der Waals surface area contributed by atoms with E-state index in [0.717, 1.165) is 47.3 Å². The van der Waals surface area contributed by atoms with Crippen LogP contribution in [0.3, 0.4) is 0 Å². The number of carbonyl (C=O) groups is 1. The summed E-state index contributed by atoms with van der Waals surface area (Å²) >= 11 is 1.96. The third-order valence-corrected chi connectivity index (χ3v) is 7.36. The fourth-order valence-corrected chi connectivity index (χ4v) is 5.85. The van der Waals surface area contributed by atoms with Crippen molar-refractivity contribution in [3.05, 3.63) is 66.1 Å². The van der Waals surface area contributed by atoms with Gasteiger partial charge in [0, 0.05) is 55.4 Å². The molecule has 2 aromatic heterocycles. The molecule has 2 aliphatic rings. The Morgan fingerprint density at radius 1 is 1.25 bits per heavy atom. The molecule has 0 aliphatic carbocycles. The number of carbonyl (C=O) groups excluding carboxylic acids is 1. The first kappa shape index (κ1) is 17.8. The number of pyridine rings is 1. The lowest BCUT2D eigenvalue weighted by Crippen LogP contribution is -2.60. The summed E-state index contributed by atoms with van der Waals surface area (Å²) in [7, 11) is 1.99. The van der Waals surface area contributed by atoms with Crippen molar-refractivity contribution in [2.24, 2.45) is 7.05 Å². The van der Waals surface area contributed by atoms with Crippen molar-refractivity contribution < 1.29 is 9.53 Å². The standard InChI is InChI=1S/C22H23N3O2S/c1-24-11-19(18-4-2-3-5-20(18)24)21(26)25-14-22(15-25)10-17(13-28-22)27-12-16-6-8-23-9-7-16/h2-9,11,17H,10,12-15H2,1H3/t17-/m0/s1. The number of aromatic nitrogens is 2. The predicted octanol–water partition coefficient (Wildman–Crippen LogP) is 3.49. The quantitative estimate of drug-likeness (QED) is 0.681. The van der Waals surface area contributed by atoms with Gasteiger partial charge in [-0.25, -0.2) is 0 Å². The molecule has 0 saturated carbocycles. The SMILES string of the molecule is Cn1cc(C(=O)N2CC3(C[C@H](OCc4ccncc4)CS3)C2)c2ccccc21. The zero-order valence-electron chi connectivity index (χ0n) is 15.9. The largest absolute Gasteiger partial charge is 0.373 e. The lowest BCUT2D eigenvalue weighted by Gasteiger charge is -2.47. The number of benzene rings is 1. The average molecular weight is 394 g/mol. The van der Waals surface area contributed by atoms with Crippen LogP contribution in [0, 0.1) is 0 Å². The maximum Gasteiger partial charge on any atom is 0.256 e. The van der Waals surface area contributed by atoms with Crippen molar-refractivity contribution in [3.8, 4) is 0 Å². The Balaban J connectivity index is 1.21. The molecule has 3 aromatic rings. The number of hydrogen-bond donors (Lipinski definition) is 0. The smallest absolute Gasteiger partial charge is 0.256 e. The van der Waals surface area contributed by atoms with Crippen LogP contribution in [-0.2, 0) is 18.4 Å². The van der Waals surface area contributed by atoms with E-state index in [1.54, 1.807) is 12.4 Å². The third kappa shape index (κ3) is 3.10. The van der Waals surface area contributed by atoms with E-state index >= 15 is 0 Å². The van der Waals surface area contributed by atoms with Gasteiger partial charge in [0.1, 0.15) is 0 Å². The normalized spacial score (nSPS) is 20.6. The number of hydrogen-bond acceptors (Lipinski definition) is 4. The predicted molar refractivity (Wildman–Crippen MR) is 111 cm³/mol. The molecule has 144 valence electrons. The number of nitrogens with zero attached hydrogens (tertiary/aromatic N) is 3. The average Bonchev–Trinajstić information content (AvgIpc) is 3.28. The highest BCUT2D eigenvalue weighted by Gasteiger charge is 2.51. The molecule has 6 heteroatoms. The monoisotopic (exact) mass is 393 g/mol. The summed E-state index contributed by atoms with van der Waals surface area (Å²) in [6.45, 7) is 2.26. The Labute approximate surface area is 168 Å². The minimum atomic E-state index is 0.143.